The lowest BCUT2D eigenvalue weighted by Crippen LogP contribution is -2.44. The summed E-state index contributed by atoms with van der Waals surface area (Å²) in [7, 11) is 1.65. The third-order valence-electron chi connectivity index (χ3n) is 5.18. The first-order chi connectivity index (χ1) is 14.2. The molecule has 0 aromatic heterocycles. The minimum atomic E-state index is -0.289. The summed E-state index contributed by atoms with van der Waals surface area (Å²) in [4.78, 5) is 15.1. The highest BCUT2D eigenvalue weighted by Crippen LogP contribution is 2.33. The fourth-order valence-corrected chi connectivity index (χ4v) is 3.57. The molecule has 3 aromatic rings. The number of nitrogens with zero attached hydrogens (tertiary/aromatic N) is 2. The highest BCUT2D eigenvalue weighted by Gasteiger charge is 2.32. The molecule has 5 heteroatoms. The lowest BCUT2D eigenvalue weighted by molar-refractivity contribution is 0.0685. The van der Waals surface area contributed by atoms with Crippen LogP contribution in [0.5, 0.6) is 5.75 Å². The molecule has 0 fully saturated rings. The van der Waals surface area contributed by atoms with Gasteiger partial charge >= 0.3 is 0 Å². The normalized spacial score (nSPS) is 15.2. The van der Waals surface area contributed by atoms with Gasteiger partial charge in [-0.05, 0) is 53.9 Å². The number of anilines is 1. The van der Waals surface area contributed by atoms with Crippen LogP contribution in [0.1, 0.15) is 33.2 Å². The van der Waals surface area contributed by atoms with E-state index in [0.29, 0.717) is 17.7 Å². The molecular weight excluding hydrogens is 362 g/mol. The number of rotatable bonds is 5. The number of carbonyl (C=O) groups is 1. The number of hydrogen-bond donors (Lipinski definition) is 1. The van der Waals surface area contributed by atoms with Crippen LogP contribution in [-0.2, 0) is 6.42 Å². The summed E-state index contributed by atoms with van der Waals surface area (Å²) in [5, 5.41) is 12.6. The van der Waals surface area contributed by atoms with Crippen LogP contribution >= 0.6 is 0 Å². The lowest BCUT2D eigenvalue weighted by atomic mass is 10.0. The Morgan fingerprint density at radius 3 is 2.45 bits per heavy atom. The van der Waals surface area contributed by atoms with Gasteiger partial charge in [0.25, 0.3) is 5.91 Å². The van der Waals surface area contributed by atoms with E-state index in [1.54, 1.807) is 19.2 Å². The van der Waals surface area contributed by atoms with E-state index in [0.717, 1.165) is 29.0 Å². The van der Waals surface area contributed by atoms with Gasteiger partial charge in [-0.25, -0.2) is 0 Å². The zero-order valence-corrected chi connectivity index (χ0v) is 16.1. The molecule has 0 saturated carbocycles. The number of carbonyl (C=O) groups excluding carboxylic acids is 1. The number of amides is 1. The first-order valence-electron chi connectivity index (χ1n) is 9.49. The van der Waals surface area contributed by atoms with Gasteiger partial charge in [0.15, 0.2) is 0 Å². The maximum Gasteiger partial charge on any atom is 0.257 e. The summed E-state index contributed by atoms with van der Waals surface area (Å²) in [5.41, 5.74) is 4.18. The van der Waals surface area contributed by atoms with Crippen molar-refractivity contribution in [3.05, 3.63) is 95.1 Å². The maximum atomic E-state index is 13.3. The van der Waals surface area contributed by atoms with Gasteiger partial charge in [-0.15, -0.1) is 0 Å². The van der Waals surface area contributed by atoms with Crippen molar-refractivity contribution in [3.8, 4) is 11.8 Å². The highest BCUT2D eigenvalue weighted by atomic mass is 16.5. The maximum absolute atomic E-state index is 13.3. The van der Waals surface area contributed by atoms with Gasteiger partial charge < -0.3 is 15.0 Å². The predicted molar refractivity (Wildman–Crippen MR) is 112 cm³/mol. The number of ether oxygens (including phenoxy) is 1. The summed E-state index contributed by atoms with van der Waals surface area (Å²) in [6, 6.07) is 25.0. The second-order valence-electron chi connectivity index (χ2n) is 6.92. The van der Waals surface area contributed by atoms with Crippen molar-refractivity contribution in [2.45, 2.75) is 12.6 Å². The fraction of sp³-hybridized carbons (Fsp3) is 0.167. The van der Waals surface area contributed by atoms with Gasteiger partial charge in [0.05, 0.1) is 24.3 Å². The molecule has 0 unspecified atom stereocenters. The van der Waals surface area contributed by atoms with Crippen LogP contribution < -0.4 is 10.1 Å². The molecular formula is C24H21N3O2. The van der Waals surface area contributed by atoms with E-state index in [1.165, 1.54) is 0 Å². The number of nitriles is 1. The van der Waals surface area contributed by atoms with Crippen molar-refractivity contribution in [3.63, 3.8) is 0 Å². The van der Waals surface area contributed by atoms with E-state index in [4.69, 9.17) is 10.00 Å². The molecule has 1 aliphatic heterocycles. The molecule has 1 amide bonds. The van der Waals surface area contributed by atoms with Crippen molar-refractivity contribution >= 4 is 11.6 Å². The van der Waals surface area contributed by atoms with Crippen LogP contribution in [0.4, 0.5) is 5.69 Å². The van der Waals surface area contributed by atoms with Crippen LogP contribution in [0, 0.1) is 11.3 Å². The van der Waals surface area contributed by atoms with Crippen LogP contribution in [0.3, 0.4) is 0 Å². The third-order valence-corrected chi connectivity index (χ3v) is 5.18. The van der Waals surface area contributed by atoms with Crippen molar-refractivity contribution in [2.75, 3.05) is 19.0 Å². The van der Waals surface area contributed by atoms with Crippen molar-refractivity contribution in [1.82, 2.24) is 4.90 Å². The Morgan fingerprint density at radius 2 is 1.76 bits per heavy atom. The monoisotopic (exact) mass is 383 g/mol. The predicted octanol–water partition coefficient (Wildman–Crippen LogP) is 4.38. The number of hydrogen-bond acceptors (Lipinski definition) is 4. The zero-order chi connectivity index (χ0) is 20.2. The Morgan fingerprint density at radius 1 is 1.03 bits per heavy atom. The Hall–Kier alpha value is -3.78. The molecule has 29 heavy (non-hydrogen) atoms. The van der Waals surface area contributed by atoms with E-state index in [-0.39, 0.29) is 12.1 Å². The molecule has 0 aliphatic carbocycles. The average Bonchev–Trinajstić information content (AvgIpc) is 2.79. The fourth-order valence-electron chi connectivity index (χ4n) is 3.57. The number of benzene rings is 3. The lowest BCUT2D eigenvalue weighted by Gasteiger charge is -2.38. The molecule has 4 rings (SSSR count). The largest absolute Gasteiger partial charge is 0.497 e. The molecule has 0 saturated heterocycles. The molecule has 1 atom stereocenters. The SMILES string of the molecule is COc1ccc(CCN2C(=O)c3ccccc3N[C@@H]2c2ccc(C#N)cc2)cc1. The van der Waals surface area contributed by atoms with Gasteiger partial charge in [0.2, 0.25) is 0 Å². The first-order valence-corrected chi connectivity index (χ1v) is 9.49. The van der Waals surface area contributed by atoms with E-state index in [2.05, 4.69) is 11.4 Å². The Bertz CT molecular complexity index is 1050. The number of methoxy groups -OCH3 is 1. The molecule has 3 aromatic carbocycles. The summed E-state index contributed by atoms with van der Waals surface area (Å²) in [5.74, 6) is 0.816. The summed E-state index contributed by atoms with van der Waals surface area (Å²) in [6.07, 6.45) is 0.440. The van der Waals surface area contributed by atoms with Gasteiger partial charge in [0, 0.05) is 12.2 Å². The van der Waals surface area contributed by atoms with Crippen molar-refractivity contribution in [1.29, 1.82) is 5.26 Å². The van der Waals surface area contributed by atoms with Crippen LogP contribution in [0.2, 0.25) is 0 Å². The molecule has 144 valence electrons. The molecule has 1 heterocycles. The summed E-state index contributed by atoms with van der Waals surface area (Å²) in [6.45, 7) is 0.567. The van der Waals surface area contributed by atoms with Gasteiger partial charge in [-0.2, -0.15) is 5.26 Å². The molecule has 0 bridgehead atoms. The summed E-state index contributed by atoms with van der Waals surface area (Å²) < 4.78 is 5.22. The molecule has 1 N–H and O–H groups in total. The second-order valence-corrected chi connectivity index (χ2v) is 6.92. The van der Waals surface area contributed by atoms with E-state index in [1.807, 2.05) is 65.6 Å². The van der Waals surface area contributed by atoms with E-state index >= 15 is 0 Å². The smallest absolute Gasteiger partial charge is 0.257 e. The Balaban J connectivity index is 1.62. The van der Waals surface area contributed by atoms with Gasteiger partial charge in [0.1, 0.15) is 11.9 Å². The minimum absolute atomic E-state index is 0.00206. The number of fused-ring (bicyclic) bond motifs is 1. The molecule has 0 radical (unpaired) electrons. The van der Waals surface area contributed by atoms with Gasteiger partial charge in [-0.1, -0.05) is 36.4 Å². The first kappa shape index (κ1) is 18.6. The van der Waals surface area contributed by atoms with Crippen LogP contribution in [0.15, 0.2) is 72.8 Å². The van der Waals surface area contributed by atoms with Crippen molar-refractivity contribution < 1.29 is 9.53 Å². The Kier molecular flexibility index (Phi) is 5.17. The minimum Gasteiger partial charge on any atom is -0.497 e. The van der Waals surface area contributed by atoms with E-state index < -0.39 is 0 Å². The quantitative estimate of drug-likeness (QED) is 0.710. The zero-order valence-electron chi connectivity index (χ0n) is 16.1. The second kappa shape index (κ2) is 8.07. The van der Waals surface area contributed by atoms with Gasteiger partial charge in [-0.3, -0.25) is 4.79 Å². The van der Waals surface area contributed by atoms with Crippen molar-refractivity contribution in [2.24, 2.45) is 0 Å². The topological polar surface area (TPSA) is 65.4 Å². The highest BCUT2D eigenvalue weighted by molar-refractivity contribution is 6.01. The number of para-hydroxylation sites is 1. The Labute approximate surface area is 170 Å². The standard InChI is InChI=1S/C24H21N3O2/c1-29-20-12-8-17(9-13-20)14-15-27-23(19-10-6-18(16-25)7-11-19)26-22-5-3-2-4-21(22)24(27)28/h2-13,23,26H,14-15H2,1H3/t23-/m0/s1. The average molecular weight is 383 g/mol. The van der Waals surface area contributed by atoms with Crippen LogP contribution in [-0.4, -0.2) is 24.5 Å². The molecule has 0 spiro atoms. The molecule has 1 aliphatic rings. The summed E-state index contributed by atoms with van der Waals surface area (Å²) >= 11 is 0. The number of nitrogens with one attached hydrogen (secondary N) is 1. The molecule has 5 nitrogen and oxygen atoms in total. The third kappa shape index (κ3) is 3.78. The van der Waals surface area contributed by atoms with Crippen LogP contribution in [0.25, 0.3) is 0 Å². The van der Waals surface area contributed by atoms with E-state index in [9.17, 15) is 4.79 Å².